The van der Waals surface area contributed by atoms with Gasteiger partial charge >= 0.3 is 0 Å². The predicted molar refractivity (Wildman–Crippen MR) is 164 cm³/mol. The molecular formula is C31H29Cl2N7O. The second-order valence-electron chi connectivity index (χ2n) is 10.1. The van der Waals surface area contributed by atoms with E-state index in [2.05, 4.69) is 22.1 Å². The summed E-state index contributed by atoms with van der Waals surface area (Å²) in [5, 5.41) is 4.91. The van der Waals surface area contributed by atoms with E-state index in [0.717, 1.165) is 42.0 Å². The summed E-state index contributed by atoms with van der Waals surface area (Å²) in [5.41, 5.74) is 9.90. The molecule has 3 aromatic carbocycles. The van der Waals surface area contributed by atoms with Gasteiger partial charge in [-0.15, -0.1) is 0 Å². The van der Waals surface area contributed by atoms with Gasteiger partial charge in [-0.2, -0.15) is 0 Å². The van der Waals surface area contributed by atoms with E-state index in [-0.39, 0.29) is 5.54 Å². The number of hydrogen-bond acceptors (Lipinski definition) is 6. The molecule has 8 nitrogen and oxygen atoms in total. The summed E-state index contributed by atoms with van der Waals surface area (Å²) in [6.07, 6.45) is 3.09. The molecule has 1 aliphatic heterocycles. The maximum atomic E-state index is 12.3. The number of rotatable bonds is 7. The molecule has 6 rings (SSSR count). The summed E-state index contributed by atoms with van der Waals surface area (Å²) < 4.78 is 1.99. The van der Waals surface area contributed by atoms with Gasteiger partial charge in [-0.1, -0.05) is 60.5 Å². The quantitative estimate of drug-likeness (QED) is 0.243. The Bertz CT molecular complexity index is 1730. The van der Waals surface area contributed by atoms with E-state index in [1.54, 1.807) is 12.4 Å². The number of primary amides is 1. The maximum absolute atomic E-state index is 12.3. The van der Waals surface area contributed by atoms with E-state index >= 15 is 0 Å². The third kappa shape index (κ3) is 4.92. The van der Waals surface area contributed by atoms with Gasteiger partial charge in [-0.3, -0.25) is 9.36 Å². The van der Waals surface area contributed by atoms with Crippen LogP contribution in [0.1, 0.15) is 35.7 Å². The molecule has 208 valence electrons. The molecule has 10 heteroatoms. The maximum Gasteiger partial charge on any atom is 0.249 e. The average Bonchev–Trinajstić information content (AvgIpc) is 3.38. The molecule has 3 N–H and O–H groups in total. The summed E-state index contributed by atoms with van der Waals surface area (Å²) in [7, 11) is 0. The van der Waals surface area contributed by atoms with Crippen LogP contribution in [0.5, 0.6) is 0 Å². The van der Waals surface area contributed by atoms with Gasteiger partial charge in [0.2, 0.25) is 5.91 Å². The van der Waals surface area contributed by atoms with Crippen LogP contribution < -0.4 is 16.0 Å². The van der Waals surface area contributed by atoms with Crippen LogP contribution in [0.3, 0.4) is 0 Å². The van der Waals surface area contributed by atoms with Crippen LogP contribution in [0.4, 0.5) is 5.82 Å². The lowest BCUT2D eigenvalue weighted by Crippen LogP contribution is -2.52. The Morgan fingerprint density at radius 3 is 2.39 bits per heavy atom. The molecule has 0 aliphatic carbocycles. The molecule has 1 amide bonds. The highest BCUT2D eigenvalue weighted by Crippen LogP contribution is 2.39. The molecule has 0 atom stereocenters. The van der Waals surface area contributed by atoms with Gasteiger partial charge in [0.15, 0.2) is 17.0 Å². The first-order valence-electron chi connectivity index (χ1n) is 13.6. The number of imidazole rings is 1. The number of piperidine rings is 1. The molecule has 3 heterocycles. The monoisotopic (exact) mass is 585 g/mol. The standard InChI is InChI=1S/C31H29Cl2N7O/c1-2-37-31(24-9-5-3-7-22(24)27(34)41)15-17-39(18-16-31)29-26-30(36-19-35-29)40(21-13-11-20(32)12-14-21)28(38-26)23-8-4-6-10-25(23)33/h3-14,19,37H,2,15-18H2,1H3,(H2,34,41). The van der Waals surface area contributed by atoms with E-state index in [1.807, 2.05) is 71.3 Å². The Kier molecular flexibility index (Phi) is 7.38. The summed E-state index contributed by atoms with van der Waals surface area (Å²) >= 11 is 12.9. The zero-order chi connectivity index (χ0) is 28.6. The van der Waals surface area contributed by atoms with Gasteiger partial charge in [0.05, 0.1) is 5.02 Å². The molecule has 0 spiro atoms. The second kappa shape index (κ2) is 11.1. The van der Waals surface area contributed by atoms with Crippen molar-refractivity contribution in [3.05, 3.63) is 100 Å². The van der Waals surface area contributed by atoms with Crippen molar-refractivity contribution in [2.45, 2.75) is 25.3 Å². The summed E-state index contributed by atoms with van der Waals surface area (Å²) in [6.45, 7) is 4.23. The van der Waals surface area contributed by atoms with E-state index in [9.17, 15) is 4.79 Å². The number of carbonyl (C=O) groups is 1. The van der Waals surface area contributed by atoms with Gasteiger partial charge in [0.25, 0.3) is 0 Å². The van der Waals surface area contributed by atoms with Gasteiger partial charge in [0, 0.05) is 40.5 Å². The number of hydrogen-bond donors (Lipinski definition) is 2. The fraction of sp³-hybridized carbons (Fsp3) is 0.226. The summed E-state index contributed by atoms with van der Waals surface area (Å²) in [4.78, 5) is 29.0. The average molecular weight is 587 g/mol. The minimum atomic E-state index is -0.419. The predicted octanol–water partition coefficient (Wildman–Crippen LogP) is 5.99. The van der Waals surface area contributed by atoms with Gasteiger partial charge < -0.3 is 16.0 Å². The highest BCUT2D eigenvalue weighted by atomic mass is 35.5. The van der Waals surface area contributed by atoms with Crippen molar-refractivity contribution in [1.82, 2.24) is 24.8 Å². The summed E-state index contributed by atoms with van der Waals surface area (Å²) in [5.74, 6) is 1.01. The molecule has 1 aliphatic rings. The van der Waals surface area contributed by atoms with Crippen LogP contribution >= 0.6 is 23.2 Å². The lowest BCUT2D eigenvalue weighted by molar-refractivity contribution is 0.0995. The number of aromatic nitrogens is 4. The molecule has 1 fully saturated rings. The Labute approximate surface area is 248 Å². The van der Waals surface area contributed by atoms with Crippen LogP contribution in [0.25, 0.3) is 28.2 Å². The first-order chi connectivity index (χ1) is 19.9. The summed E-state index contributed by atoms with van der Waals surface area (Å²) in [6, 6.07) is 22.8. The number of fused-ring (bicyclic) bond motifs is 1. The molecule has 41 heavy (non-hydrogen) atoms. The Morgan fingerprint density at radius 2 is 1.68 bits per heavy atom. The zero-order valence-corrected chi connectivity index (χ0v) is 24.0. The van der Waals surface area contributed by atoms with E-state index in [4.69, 9.17) is 38.9 Å². The first-order valence-corrected chi connectivity index (χ1v) is 14.3. The van der Waals surface area contributed by atoms with Crippen molar-refractivity contribution in [2.24, 2.45) is 5.73 Å². The van der Waals surface area contributed by atoms with Crippen LogP contribution in [0.2, 0.25) is 10.0 Å². The third-order valence-corrected chi connectivity index (χ3v) is 8.35. The minimum Gasteiger partial charge on any atom is -0.366 e. The number of amides is 1. The number of benzene rings is 3. The molecule has 0 bridgehead atoms. The molecule has 1 saturated heterocycles. The van der Waals surface area contributed by atoms with Crippen LogP contribution in [-0.2, 0) is 5.54 Å². The zero-order valence-electron chi connectivity index (χ0n) is 22.5. The second-order valence-corrected chi connectivity index (χ2v) is 10.9. The van der Waals surface area contributed by atoms with Gasteiger partial charge in [-0.05, 0) is 67.4 Å². The smallest absolute Gasteiger partial charge is 0.249 e. The van der Waals surface area contributed by atoms with Crippen molar-refractivity contribution >= 4 is 46.1 Å². The number of nitrogens with zero attached hydrogens (tertiary/aromatic N) is 5. The largest absolute Gasteiger partial charge is 0.366 e. The van der Waals surface area contributed by atoms with Crippen molar-refractivity contribution < 1.29 is 4.79 Å². The van der Waals surface area contributed by atoms with Crippen LogP contribution in [0.15, 0.2) is 79.1 Å². The Hall–Kier alpha value is -3.98. The van der Waals surface area contributed by atoms with Gasteiger partial charge in [0.1, 0.15) is 12.2 Å². The Morgan fingerprint density at radius 1 is 0.976 bits per heavy atom. The topological polar surface area (TPSA) is 102 Å². The minimum absolute atomic E-state index is 0.381. The number of carbonyl (C=O) groups excluding carboxylic acids is 1. The van der Waals surface area contributed by atoms with E-state index < -0.39 is 5.91 Å². The molecular weight excluding hydrogens is 557 g/mol. The number of halogens is 2. The van der Waals surface area contributed by atoms with E-state index in [0.29, 0.717) is 45.7 Å². The molecule has 0 saturated carbocycles. The third-order valence-electron chi connectivity index (χ3n) is 7.76. The van der Waals surface area contributed by atoms with Crippen molar-refractivity contribution in [2.75, 3.05) is 24.5 Å². The number of nitrogens with two attached hydrogens (primary N) is 1. The van der Waals surface area contributed by atoms with Gasteiger partial charge in [-0.25, -0.2) is 15.0 Å². The van der Waals surface area contributed by atoms with Crippen LogP contribution in [0, 0.1) is 0 Å². The first kappa shape index (κ1) is 27.2. The van der Waals surface area contributed by atoms with Crippen molar-refractivity contribution in [3.8, 4) is 17.1 Å². The number of nitrogens with one attached hydrogen (secondary N) is 1. The normalized spacial score (nSPS) is 14.9. The number of anilines is 1. The Balaban J connectivity index is 1.43. The van der Waals surface area contributed by atoms with Crippen LogP contribution in [-0.4, -0.2) is 45.1 Å². The van der Waals surface area contributed by atoms with E-state index in [1.165, 1.54) is 0 Å². The molecule has 0 radical (unpaired) electrons. The molecule has 5 aromatic rings. The molecule has 2 aromatic heterocycles. The highest BCUT2D eigenvalue weighted by molar-refractivity contribution is 6.33. The fourth-order valence-corrected chi connectivity index (χ4v) is 6.21. The highest BCUT2D eigenvalue weighted by Gasteiger charge is 2.38. The lowest BCUT2D eigenvalue weighted by Gasteiger charge is -2.44. The lowest BCUT2D eigenvalue weighted by atomic mass is 9.78. The van der Waals surface area contributed by atoms with Crippen molar-refractivity contribution in [3.63, 3.8) is 0 Å². The van der Waals surface area contributed by atoms with Crippen molar-refractivity contribution in [1.29, 1.82) is 0 Å². The fourth-order valence-electron chi connectivity index (χ4n) is 5.87. The molecule has 0 unspecified atom stereocenters. The SMILES string of the molecule is CCNC1(c2ccccc2C(N)=O)CCN(c2ncnc3c2nc(-c2ccccc2Cl)n3-c2ccc(Cl)cc2)CC1.